The predicted octanol–water partition coefficient (Wildman–Crippen LogP) is 4.90. The molecule has 0 fully saturated rings. The maximum Gasteiger partial charge on any atom is 0.695 e. The third-order valence-electron chi connectivity index (χ3n) is 6.29. The number of methoxy groups -OCH3 is 1. The quantitative estimate of drug-likeness (QED) is 0.0982. The molecule has 18 heteroatoms. The summed E-state index contributed by atoms with van der Waals surface area (Å²) in [6.07, 6.45) is -1.12. The van der Waals surface area contributed by atoms with Gasteiger partial charge in [0.05, 0.1) is 30.2 Å². The maximum atomic E-state index is 15.8. The van der Waals surface area contributed by atoms with Crippen LogP contribution in [0.25, 0.3) is 11.1 Å². The molecule has 0 saturated carbocycles. The molecule has 0 aliphatic rings. The Balaban J connectivity index is 1.71. The highest BCUT2D eigenvalue weighted by molar-refractivity contribution is 7.32. The number of rotatable bonds is 13. The molecule has 2 aromatic heterocycles. The molecule has 0 spiro atoms. The fourth-order valence-corrected chi connectivity index (χ4v) is 4.42. The Morgan fingerprint density at radius 2 is 1.89 bits per heavy atom. The number of nitrogens with zero attached hydrogens (tertiary/aromatic N) is 4. The summed E-state index contributed by atoms with van der Waals surface area (Å²) < 4.78 is 80.1. The van der Waals surface area contributed by atoms with E-state index in [1.165, 1.54) is 61.6 Å². The van der Waals surface area contributed by atoms with Gasteiger partial charge < -0.3 is 25.8 Å². The fourth-order valence-electron chi connectivity index (χ4n) is 4.16. The van der Waals surface area contributed by atoms with Gasteiger partial charge in [-0.1, -0.05) is 6.07 Å². The Labute approximate surface area is 254 Å². The van der Waals surface area contributed by atoms with Crippen LogP contribution in [0.2, 0.25) is 0 Å². The van der Waals surface area contributed by atoms with Crippen LogP contribution < -0.4 is 20.7 Å². The number of halogens is 4. The third-order valence-corrected chi connectivity index (χ3v) is 6.64. The average Bonchev–Trinajstić information content (AvgIpc) is 3.47. The Hall–Kier alpha value is -4.70. The predicted molar refractivity (Wildman–Crippen MR) is 154 cm³/mol. The normalized spacial score (nSPS) is 11.7. The summed E-state index contributed by atoms with van der Waals surface area (Å²) in [6, 6.07) is 6.99. The second kappa shape index (κ2) is 14.4. The van der Waals surface area contributed by atoms with Crippen LogP contribution in [-0.4, -0.2) is 56.4 Å². The summed E-state index contributed by atoms with van der Waals surface area (Å²) in [7, 11) is -0.260. The van der Waals surface area contributed by atoms with Crippen LogP contribution in [0.15, 0.2) is 48.9 Å². The van der Waals surface area contributed by atoms with Crippen LogP contribution >= 0.6 is 8.25 Å². The van der Waals surface area contributed by atoms with Gasteiger partial charge in [-0.3, -0.25) is 9.48 Å². The van der Waals surface area contributed by atoms with E-state index in [-0.39, 0.29) is 41.8 Å². The minimum absolute atomic E-state index is 0.0257. The Kier molecular flexibility index (Phi) is 10.6. The Morgan fingerprint density at radius 3 is 2.56 bits per heavy atom. The zero-order valence-corrected chi connectivity index (χ0v) is 24.6. The van der Waals surface area contributed by atoms with E-state index in [1.54, 1.807) is 0 Å². The summed E-state index contributed by atoms with van der Waals surface area (Å²) in [5.41, 5.74) is -1.17. The molecule has 0 aliphatic heterocycles. The molecule has 13 nitrogen and oxygen atoms in total. The molecule has 2 aromatic carbocycles. The lowest BCUT2D eigenvalue weighted by Gasteiger charge is -2.18. The van der Waals surface area contributed by atoms with Gasteiger partial charge in [0.2, 0.25) is 5.95 Å². The van der Waals surface area contributed by atoms with E-state index in [9.17, 15) is 22.5 Å². The van der Waals surface area contributed by atoms with Crippen molar-refractivity contribution in [2.24, 2.45) is 0 Å². The number of carbonyl (C=O) groups excluding carboxylic acids is 1. The van der Waals surface area contributed by atoms with Crippen molar-refractivity contribution >= 4 is 37.3 Å². The van der Waals surface area contributed by atoms with Crippen LogP contribution in [0.5, 0.6) is 5.75 Å². The lowest BCUT2D eigenvalue weighted by Crippen LogP contribution is -2.22. The first kappa shape index (κ1) is 33.2. The number of ether oxygens (including phenoxy) is 1. The fraction of sp³-hybridized carbons (Fsp3) is 0.259. The highest BCUT2D eigenvalue weighted by atomic mass is 31.1. The summed E-state index contributed by atoms with van der Waals surface area (Å²) in [5.74, 6) is -2.81. The first-order valence-electron chi connectivity index (χ1n) is 13.1. The van der Waals surface area contributed by atoms with Gasteiger partial charge in [-0.25, -0.2) is 9.37 Å². The summed E-state index contributed by atoms with van der Waals surface area (Å²) in [6.45, 7) is 0.0826. The number of alkyl halides is 3. The summed E-state index contributed by atoms with van der Waals surface area (Å²) in [4.78, 5) is 29.4. The number of benzene rings is 2. The number of carbonyl (C=O) groups is 1. The SMILES string of the molecule is CNC(=O)c1c(Nc2nc(Nc3ccc(CO[P+](=O)O)cc3OC)ncc2C(F)(F)F)ccc(-c2cnn(CCCO)c2)c1F. The zero-order valence-electron chi connectivity index (χ0n) is 23.7. The van der Waals surface area contributed by atoms with Gasteiger partial charge in [0.1, 0.15) is 29.6 Å². The number of nitrogens with one attached hydrogen (secondary N) is 3. The number of aryl methyl sites for hydroxylation is 1. The molecular formula is C27H27F4N7O6P+. The number of amides is 1. The molecule has 0 saturated heterocycles. The molecule has 238 valence electrons. The molecule has 0 bridgehead atoms. The lowest BCUT2D eigenvalue weighted by atomic mass is 10.0. The van der Waals surface area contributed by atoms with Gasteiger partial charge in [-0.05, 0) is 36.2 Å². The van der Waals surface area contributed by atoms with E-state index >= 15 is 4.39 Å². The lowest BCUT2D eigenvalue weighted by molar-refractivity contribution is -0.137. The number of aromatic nitrogens is 4. The first-order chi connectivity index (χ1) is 21.4. The van der Waals surface area contributed by atoms with Crippen LogP contribution in [0.4, 0.5) is 40.7 Å². The molecule has 5 N–H and O–H groups in total. The van der Waals surface area contributed by atoms with Gasteiger partial charge in [0.25, 0.3) is 5.91 Å². The smallest absolute Gasteiger partial charge is 0.495 e. The first-order valence-corrected chi connectivity index (χ1v) is 14.2. The summed E-state index contributed by atoms with van der Waals surface area (Å²) in [5, 5.41) is 20.6. The van der Waals surface area contributed by atoms with Crippen molar-refractivity contribution in [1.82, 2.24) is 25.1 Å². The van der Waals surface area contributed by atoms with Crippen molar-refractivity contribution < 1.29 is 46.2 Å². The average molecular weight is 653 g/mol. The van der Waals surface area contributed by atoms with E-state index in [0.717, 1.165) is 0 Å². The van der Waals surface area contributed by atoms with Gasteiger partial charge in [0, 0.05) is 48.3 Å². The second-order valence-corrected chi connectivity index (χ2v) is 9.98. The van der Waals surface area contributed by atoms with E-state index in [4.69, 9.17) is 14.7 Å². The van der Waals surface area contributed by atoms with Crippen LogP contribution in [-0.2, 0) is 28.4 Å². The maximum absolute atomic E-state index is 15.8. The second-order valence-electron chi connectivity index (χ2n) is 9.25. The molecule has 45 heavy (non-hydrogen) atoms. The van der Waals surface area contributed by atoms with Gasteiger partial charge in [-0.2, -0.15) is 23.3 Å². The Bertz CT molecular complexity index is 1700. The highest BCUT2D eigenvalue weighted by Crippen LogP contribution is 2.38. The van der Waals surface area contributed by atoms with Crippen molar-refractivity contribution in [3.05, 3.63) is 71.4 Å². The van der Waals surface area contributed by atoms with Crippen LogP contribution in [0.1, 0.15) is 27.9 Å². The number of aliphatic hydroxyl groups is 1. The topological polar surface area (TPSA) is 173 Å². The molecule has 1 atom stereocenters. The Morgan fingerprint density at radius 1 is 1.13 bits per heavy atom. The number of aliphatic hydroxyl groups excluding tert-OH is 1. The molecule has 0 aliphatic carbocycles. The monoisotopic (exact) mass is 652 g/mol. The van der Waals surface area contributed by atoms with Crippen LogP contribution in [0, 0.1) is 5.82 Å². The van der Waals surface area contributed by atoms with Gasteiger partial charge in [0.15, 0.2) is 0 Å². The largest absolute Gasteiger partial charge is 0.695 e. The van der Waals surface area contributed by atoms with Crippen LogP contribution in [0.3, 0.4) is 0 Å². The van der Waals surface area contributed by atoms with E-state index in [2.05, 4.69) is 35.5 Å². The van der Waals surface area contributed by atoms with E-state index < -0.39 is 43.1 Å². The molecule has 1 unspecified atom stereocenters. The van der Waals surface area contributed by atoms with Crippen molar-refractivity contribution in [3.63, 3.8) is 0 Å². The minimum Gasteiger partial charge on any atom is -0.495 e. The number of hydrogen-bond donors (Lipinski definition) is 5. The third kappa shape index (κ3) is 8.07. The van der Waals surface area contributed by atoms with Crippen molar-refractivity contribution in [2.75, 3.05) is 31.4 Å². The molecule has 0 radical (unpaired) electrons. The van der Waals surface area contributed by atoms with Gasteiger partial charge in [-0.15, -0.1) is 9.42 Å². The molecule has 1 amide bonds. The van der Waals surface area contributed by atoms with Crippen molar-refractivity contribution in [2.45, 2.75) is 25.7 Å². The zero-order chi connectivity index (χ0) is 32.7. The van der Waals surface area contributed by atoms with E-state index in [1.807, 2.05) is 0 Å². The standard InChI is InChI=1S/C27H26F4N7O6P/c1-32-25(40)22-20(7-5-17(23(22)28)16-11-34-38(13-16)8-3-9-39)35-24-18(27(29,30)31)12-33-26(37-24)36-19-6-4-15(10-21(19)43-2)14-44-45(41)42/h4-7,10-13,39H,3,8-9,14H2,1-2H3,(H3-,32,33,35,36,37,40,41,42)/p+1. The highest BCUT2D eigenvalue weighted by Gasteiger charge is 2.36. The van der Waals surface area contributed by atoms with Gasteiger partial charge >= 0.3 is 14.4 Å². The van der Waals surface area contributed by atoms with Crippen molar-refractivity contribution in [3.8, 4) is 16.9 Å². The molecule has 4 rings (SSSR count). The number of anilines is 4. The summed E-state index contributed by atoms with van der Waals surface area (Å²) >= 11 is 0. The van der Waals surface area contributed by atoms with E-state index in [0.29, 0.717) is 30.3 Å². The molecule has 4 aromatic rings. The van der Waals surface area contributed by atoms with Crippen molar-refractivity contribution in [1.29, 1.82) is 0 Å². The minimum atomic E-state index is -4.93. The molecule has 2 heterocycles. The molecular weight excluding hydrogens is 625 g/mol. The number of hydrogen-bond acceptors (Lipinski definition) is 10.